The topological polar surface area (TPSA) is 77.3 Å². The van der Waals surface area contributed by atoms with Crippen molar-refractivity contribution in [2.45, 2.75) is 19.9 Å². The van der Waals surface area contributed by atoms with Gasteiger partial charge in [0.05, 0.1) is 7.11 Å². The lowest BCUT2D eigenvalue weighted by Crippen LogP contribution is -2.32. The van der Waals surface area contributed by atoms with Crippen molar-refractivity contribution in [2.75, 3.05) is 7.11 Å². The molecule has 1 N–H and O–H groups in total. The summed E-state index contributed by atoms with van der Waals surface area (Å²) < 4.78 is 10.7. The van der Waals surface area contributed by atoms with Gasteiger partial charge in [0.2, 0.25) is 11.7 Å². The number of nitrogens with one attached hydrogen (secondary N) is 1. The van der Waals surface area contributed by atoms with Crippen molar-refractivity contribution in [2.24, 2.45) is 5.92 Å². The molecule has 1 atom stereocenters. The van der Waals surface area contributed by atoms with Crippen molar-refractivity contribution in [3.05, 3.63) is 78.2 Å². The lowest BCUT2D eigenvalue weighted by molar-refractivity contribution is 0.0915. The maximum absolute atomic E-state index is 13.1. The first-order valence-corrected chi connectivity index (χ1v) is 9.83. The van der Waals surface area contributed by atoms with Crippen molar-refractivity contribution >= 4 is 16.7 Å². The van der Waals surface area contributed by atoms with Gasteiger partial charge >= 0.3 is 0 Å². The minimum Gasteiger partial charge on any atom is -0.497 e. The average Bonchev–Trinajstić information content (AvgIpc) is 3.26. The van der Waals surface area contributed by atoms with Crippen LogP contribution in [0, 0.1) is 5.92 Å². The molecule has 1 heterocycles. The third kappa shape index (κ3) is 3.89. The Balaban J connectivity index is 1.60. The van der Waals surface area contributed by atoms with Crippen molar-refractivity contribution in [3.8, 4) is 17.1 Å². The van der Waals surface area contributed by atoms with E-state index in [1.807, 2.05) is 80.6 Å². The van der Waals surface area contributed by atoms with Gasteiger partial charge in [-0.15, -0.1) is 0 Å². The summed E-state index contributed by atoms with van der Waals surface area (Å²) in [6.45, 7) is 4.01. The Kier molecular flexibility index (Phi) is 5.48. The van der Waals surface area contributed by atoms with Crippen LogP contribution in [-0.2, 0) is 0 Å². The molecule has 0 saturated carbocycles. The van der Waals surface area contributed by atoms with Gasteiger partial charge in [0.15, 0.2) is 0 Å². The summed E-state index contributed by atoms with van der Waals surface area (Å²) >= 11 is 0. The SMILES string of the molecule is COc1ccc(-c2noc([C@H](NC(=O)c3cccc4ccccc34)C(C)C)n2)cc1. The summed E-state index contributed by atoms with van der Waals surface area (Å²) in [6.07, 6.45) is 0. The zero-order chi connectivity index (χ0) is 21.1. The van der Waals surface area contributed by atoms with Crippen LogP contribution in [0.15, 0.2) is 71.3 Å². The smallest absolute Gasteiger partial charge is 0.252 e. The molecule has 6 heteroatoms. The van der Waals surface area contributed by atoms with Crippen LogP contribution in [-0.4, -0.2) is 23.2 Å². The fraction of sp³-hybridized carbons (Fsp3) is 0.208. The van der Waals surface area contributed by atoms with Gasteiger partial charge in [-0.3, -0.25) is 4.79 Å². The molecule has 6 nitrogen and oxygen atoms in total. The number of carbonyl (C=O) groups is 1. The molecule has 1 aromatic heterocycles. The molecule has 0 bridgehead atoms. The number of fused-ring (bicyclic) bond motifs is 1. The summed E-state index contributed by atoms with van der Waals surface area (Å²) in [5, 5.41) is 9.09. The monoisotopic (exact) mass is 401 g/mol. The lowest BCUT2D eigenvalue weighted by Gasteiger charge is -2.19. The van der Waals surface area contributed by atoms with Crippen LogP contribution in [0.3, 0.4) is 0 Å². The first kappa shape index (κ1) is 19.6. The van der Waals surface area contributed by atoms with Crippen molar-refractivity contribution in [1.82, 2.24) is 15.5 Å². The number of rotatable bonds is 6. The predicted octanol–water partition coefficient (Wildman–Crippen LogP) is 5.03. The normalized spacial score (nSPS) is 12.1. The third-order valence-corrected chi connectivity index (χ3v) is 5.04. The van der Waals surface area contributed by atoms with Crippen molar-refractivity contribution in [3.63, 3.8) is 0 Å². The number of benzene rings is 3. The predicted molar refractivity (Wildman–Crippen MR) is 115 cm³/mol. The average molecular weight is 401 g/mol. The molecule has 3 aromatic carbocycles. The first-order valence-electron chi connectivity index (χ1n) is 9.83. The minimum absolute atomic E-state index is 0.0630. The number of hydrogen-bond donors (Lipinski definition) is 1. The molecule has 1 amide bonds. The van der Waals surface area contributed by atoms with E-state index in [-0.39, 0.29) is 11.8 Å². The molecule has 0 aliphatic heterocycles. The van der Waals surface area contributed by atoms with Crippen LogP contribution < -0.4 is 10.1 Å². The van der Waals surface area contributed by atoms with Crippen LogP contribution >= 0.6 is 0 Å². The van der Waals surface area contributed by atoms with Gasteiger partial charge in [-0.25, -0.2) is 0 Å². The number of hydrogen-bond acceptors (Lipinski definition) is 5. The van der Waals surface area contributed by atoms with E-state index in [4.69, 9.17) is 9.26 Å². The molecule has 0 saturated heterocycles. The van der Waals surface area contributed by atoms with E-state index in [1.165, 1.54) is 0 Å². The van der Waals surface area contributed by atoms with Gasteiger partial charge in [-0.2, -0.15) is 4.98 Å². The maximum atomic E-state index is 13.1. The summed E-state index contributed by atoms with van der Waals surface area (Å²) in [5.41, 5.74) is 1.43. The molecule has 0 spiro atoms. The van der Waals surface area contributed by atoms with Gasteiger partial charge in [0.1, 0.15) is 11.8 Å². The van der Waals surface area contributed by atoms with Crippen LogP contribution in [0.1, 0.15) is 36.1 Å². The second kappa shape index (κ2) is 8.37. The molecule has 4 rings (SSSR count). The van der Waals surface area contributed by atoms with Gasteiger partial charge < -0.3 is 14.6 Å². The second-order valence-corrected chi connectivity index (χ2v) is 7.41. The number of aromatic nitrogens is 2. The van der Waals surface area contributed by atoms with Crippen molar-refractivity contribution in [1.29, 1.82) is 0 Å². The van der Waals surface area contributed by atoms with Crippen molar-refractivity contribution < 1.29 is 14.1 Å². The lowest BCUT2D eigenvalue weighted by atomic mass is 10.0. The number of amides is 1. The third-order valence-electron chi connectivity index (χ3n) is 5.04. The molecule has 0 fully saturated rings. The Hall–Kier alpha value is -3.67. The van der Waals surface area contributed by atoms with E-state index in [0.717, 1.165) is 22.1 Å². The molecular weight excluding hydrogens is 378 g/mol. The fourth-order valence-corrected chi connectivity index (χ4v) is 3.37. The Labute approximate surface area is 174 Å². The van der Waals surface area contributed by atoms with Crippen LogP contribution in [0.25, 0.3) is 22.2 Å². The van der Waals surface area contributed by atoms with E-state index < -0.39 is 6.04 Å². The fourth-order valence-electron chi connectivity index (χ4n) is 3.37. The van der Waals surface area contributed by atoms with Gasteiger partial charge in [-0.1, -0.05) is 55.4 Å². The molecular formula is C24H23N3O3. The van der Waals surface area contributed by atoms with Crippen LogP contribution in [0.5, 0.6) is 5.75 Å². The highest BCUT2D eigenvalue weighted by Crippen LogP contribution is 2.26. The molecule has 0 radical (unpaired) electrons. The zero-order valence-corrected chi connectivity index (χ0v) is 17.1. The number of nitrogens with zero attached hydrogens (tertiary/aromatic N) is 2. The molecule has 30 heavy (non-hydrogen) atoms. The summed E-state index contributed by atoms with van der Waals surface area (Å²) in [7, 11) is 1.62. The zero-order valence-electron chi connectivity index (χ0n) is 17.1. The van der Waals surface area contributed by atoms with E-state index in [1.54, 1.807) is 7.11 Å². The van der Waals surface area contributed by atoms with E-state index >= 15 is 0 Å². The minimum atomic E-state index is -0.407. The largest absolute Gasteiger partial charge is 0.497 e. The highest BCUT2D eigenvalue weighted by molar-refractivity contribution is 6.07. The number of methoxy groups -OCH3 is 1. The molecule has 0 aliphatic carbocycles. The van der Waals surface area contributed by atoms with Gasteiger partial charge in [-0.05, 0) is 47.0 Å². The summed E-state index contributed by atoms with van der Waals surface area (Å²) in [4.78, 5) is 17.6. The Morgan fingerprint density at radius 3 is 2.47 bits per heavy atom. The standard InChI is InChI=1S/C24H23N3O3/c1-15(2)21(24-26-22(27-30-24)17-11-13-18(29-3)14-12-17)25-23(28)20-10-6-8-16-7-4-5-9-19(16)20/h4-15,21H,1-3H3,(H,25,28)/t21-/m1/s1. The Bertz CT molecular complexity index is 1160. The summed E-state index contributed by atoms with van der Waals surface area (Å²) in [6, 6.07) is 20.5. The Morgan fingerprint density at radius 1 is 1.00 bits per heavy atom. The van der Waals surface area contributed by atoms with E-state index in [0.29, 0.717) is 17.3 Å². The van der Waals surface area contributed by atoms with Crippen LogP contribution in [0.4, 0.5) is 0 Å². The summed E-state index contributed by atoms with van der Waals surface area (Å²) in [5.74, 6) is 1.50. The highest BCUT2D eigenvalue weighted by atomic mass is 16.5. The molecule has 0 unspecified atom stereocenters. The van der Waals surface area contributed by atoms with Crippen LogP contribution in [0.2, 0.25) is 0 Å². The van der Waals surface area contributed by atoms with E-state index in [9.17, 15) is 4.79 Å². The number of ether oxygens (including phenoxy) is 1. The molecule has 152 valence electrons. The number of carbonyl (C=O) groups excluding carboxylic acids is 1. The Morgan fingerprint density at radius 2 is 1.73 bits per heavy atom. The highest BCUT2D eigenvalue weighted by Gasteiger charge is 2.26. The van der Waals surface area contributed by atoms with Gasteiger partial charge in [0.25, 0.3) is 5.91 Å². The van der Waals surface area contributed by atoms with E-state index in [2.05, 4.69) is 15.5 Å². The maximum Gasteiger partial charge on any atom is 0.252 e. The quantitative estimate of drug-likeness (QED) is 0.491. The van der Waals surface area contributed by atoms with Gasteiger partial charge in [0, 0.05) is 11.1 Å². The second-order valence-electron chi connectivity index (χ2n) is 7.41. The molecule has 0 aliphatic rings. The first-order chi connectivity index (χ1) is 14.6. The molecule has 4 aromatic rings.